The lowest BCUT2D eigenvalue weighted by Gasteiger charge is -2.12. The number of methoxy groups -OCH3 is 1. The van der Waals surface area contributed by atoms with Crippen molar-refractivity contribution < 1.29 is 18.7 Å². The Morgan fingerprint density at radius 3 is 2.67 bits per heavy atom. The molecule has 3 aromatic rings. The fourth-order valence-corrected chi connectivity index (χ4v) is 2.66. The maximum Gasteiger partial charge on any atom is 0.340 e. The number of hydrogen-bond acceptors (Lipinski definition) is 5. The third-order valence-electron chi connectivity index (χ3n) is 3.94. The second kappa shape index (κ2) is 8.31. The Morgan fingerprint density at radius 1 is 1.11 bits per heavy atom. The van der Waals surface area contributed by atoms with Crippen LogP contribution in [0.1, 0.15) is 17.3 Å². The predicted octanol–water partition coefficient (Wildman–Crippen LogP) is 4.82. The minimum Gasteiger partial charge on any atom is -0.494 e. The molecular weight excluding hydrogens is 347 g/mol. The minimum absolute atomic E-state index is 0.234. The van der Waals surface area contributed by atoms with Crippen LogP contribution in [0.4, 0.5) is 15.8 Å². The van der Waals surface area contributed by atoms with Crippen LogP contribution in [0.15, 0.2) is 60.9 Å². The summed E-state index contributed by atoms with van der Waals surface area (Å²) in [6.07, 6.45) is 2.92. The van der Waals surface area contributed by atoms with Crippen molar-refractivity contribution in [1.82, 2.24) is 4.98 Å². The van der Waals surface area contributed by atoms with E-state index in [2.05, 4.69) is 10.3 Å². The SMILES string of the molecule is CCOc1cccc(-c2ccc(Nc3cnccc3C(=O)OC)c(F)c2)c1. The molecule has 0 spiro atoms. The molecule has 0 atom stereocenters. The standard InChI is InChI=1S/C21H19FN2O3/c1-3-27-16-6-4-5-14(11-16)15-7-8-19(18(22)12-15)24-20-13-23-10-9-17(20)21(25)26-2/h4-13,24H,3H2,1-2H3. The van der Waals surface area contributed by atoms with Crippen molar-refractivity contribution in [3.05, 3.63) is 72.3 Å². The number of carbonyl (C=O) groups excluding carboxylic acids is 1. The van der Waals surface area contributed by atoms with E-state index in [0.29, 0.717) is 12.3 Å². The van der Waals surface area contributed by atoms with Gasteiger partial charge < -0.3 is 14.8 Å². The van der Waals surface area contributed by atoms with Gasteiger partial charge >= 0.3 is 5.97 Å². The molecule has 138 valence electrons. The molecule has 0 unspecified atom stereocenters. The molecule has 1 N–H and O–H groups in total. The quantitative estimate of drug-likeness (QED) is 0.634. The van der Waals surface area contributed by atoms with Crippen LogP contribution < -0.4 is 10.1 Å². The number of anilines is 2. The van der Waals surface area contributed by atoms with E-state index in [1.165, 1.54) is 31.6 Å². The number of pyridine rings is 1. The Hall–Kier alpha value is -3.41. The Labute approximate surface area is 156 Å². The summed E-state index contributed by atoms with van der Waals surface area (Å²) in [4.78, 5) is 15.8. The molecule has 0 amide bonds. The van der Waals surface area contributed by atoms with Gasteiger partial charge in [0.2, 0.25) is 0 Å². The molecule has 1 aromatic heterocycles. The topological polar surface area (TPSA) is 60.5 Å². The second-order valence-electron chi connectivity index (χ2n) is 5.69. The number of benzene rings is 2. The Balaban J connectivity index is 1.88. The van der Waals surface area contributed by atoms with Gasteiger partial charge in [0.05, 0.1) is 36.9 Å². The summed E-state index contributed by atoms with van der Waals surface area (Å²) in [5, 5.41) is 2.90. The largest absolute Gasteiger partial charge is 0.494 e. The lowest BCUT2D eigenvalue weighted by Crippen LogP contribution is -2.06. The average molecular weight is 366 g/mol. The summed E-state index contributed by atoms with van der Waals surface area (Å²) in [7, 11) is 1.29. The molecule has 0 radical (unpaired) electrons. The molecule has 0 aliphatic carbocycles. The van der Waals surface area contributed by atoms with E-state index in [1.54, 1.807) is 12.1 Å². The van der Waals surface area contributed by atoms with Crippen LogP contribution in [-0.4, -0.2) is 24.7 Å². The van der Waals surface area contributed by atoms with Crippen molar-refractivity contribution in [2.75, 3.05) is 19.0 Å². The molecule has 0 saturated heterocycles. The maximum absolute atomic E-state index is 14.7. The number of rotatable bonds is 6. The lowest BCUT2D eigenvalue weighted by molar-refractivity contribution is 0.0601. The first-order valence-electron chi connectivity index (χ1n) is 8.44. The summed E-state index contributed by atoms with van der Waals surface area (Å²) in [6.45, 7) is 2.47. The molecule has 2 aromatic carbocycles. The molecule has 0 bridgehead atoms. The van der Waals surface area contributed by atoms with Crippen molar-refractivity contribution >= 4 is 17.3 Å². The van der Waals surface area contributed by atoms with Gasteiger partial charge in [-0.05, 0) is 48.4 Å². The molecule has 0 saturated carbocycles. The van der Waals surface area contributed by atoms with Crippen LogP contribution >= 0.6 is 0 Å². The molecule has 5 nitrogen and oxygen atoms in total. The Kier molecular flexibility index (Phi) is 5.66. The van der Waals surface area contributed by atoms with Crippen molar-refractivity contribution in [3.63, 3.8) is 0 Å². The van der Waals surface area contributed by atoms with Crippen molar-refractivity contribution in [2.24, 2.45) is 0 Å². The first kappa shape index (κ1) is 18.4. The van der Waals surface area contributed by atoms with Gasteiger partial charge in [0.25, 0.3) is 0 Å². The number of esters is 1. The summed E-state index contributed by atoms with van der Waals surface area (Å²) in [5.74, 6) is -0.241. The summed E-state index contributed by atoms with van der Waals surface area (Å²) in [5.41, 5.74) is 2.45. The van der Waals surface area contributed by atoms with E-state index in [-0.39, 0.29) is 11.3 Å². The van der Waals surface area contributed by atoms with E-state index >= 15 is 0 Å². The first-order valence-corrected chi connectivity index (χ1v) is 8.44. The van der Waals surface area contributed by atoms with Crippen molar-refractivity contribution in [1.29, 1.82) is 0 Å². The number of carbonyl (C=O) groups is 1. The van der Waals surface area contributed by atoms with E-state index < -0.39 is 11.8 Å². The van der Waals surface area contributed by atoms with E-state index in [4.69, 9.17) is 9.47 Å². The van der Waals surface area contributed by atoms with Gasteiger partial charge in [-0.3, -0.25) is 4.98 Å². The van der Waals surface area contributed by atoms with Crippen LogP contribution in [0, 0.1) is 5.82 Å². The second-order valence-corrected chi connectivity index (χ2v) is 5.69. The maximum atomic E-state index is 14.7. The van der Waals surface area contributed by atoms with Crippen LogP contribution in [-0.2, 0) is 4.74 Å². The zero-order valence-electron chi connectivity index (χ0n) is 15.0. The van der Waals surface area contributed by atoms with E-state index in [1.807, 2.05) is 31.2 Å². The summed E-state index contributed by atoms with van der Waals surface area (Å²) < 4.78 is 24.9. The van der Waals surface area contributed by atoms with Gasteiger partial charge in [-0.2, -0.15) is 0 Å². The van der Waals surface area contributed by atoms with Crippen LogP contribution in [0.25, 0.3) is 11.1 Å². The number of nitrogens with one attached hydrogen (secondary N) is 1. The molecule has 27 heavy (non-hydrogen) atoms. The number of halogens is 1. The molecule has 0 aliphatic heterocycles. The molecule has 6 heteroatoms. The fraction of sp³-hybridized carbons (Fsp3) is 0.143. The zero-order chi connectivity index (χ0) is 19.2. The third kappa shape index (κ3) is 4.23. The van der Waals surface area contributed by atoms with Crippen molar-refractivity contribution in [2.45, 2.75) is 6.92 Å². The Bertz CT molecular complexity index is 960. The fourth-order valence-electron chi connectivity index (χ4n) is 2.66. The normalized spacial score (nSPS) is 10.3. The monoisotopic (exact) mass is 366 g/mol. The highest BCUT2D eigenvalue weighted by Crippen LogP contribution is 2.29. The van der Waals surface area contributed by atoms with Gasteiger partial charge in [0.15, 0.2) is 0 Å². The van der Waals surface area contributed by atoms with Crippen LogP contribution in [0.3, 0.4) is 0 Å². The number of hydrogen-bond donors (Lipinski definition) is 1. The summed E-state index contributed by atoms with van der Waals surface area (Å²) >= 11 is 0. The molecule has 0 fully saturated rings. The van der Waals surface area contributed by atoms with Crippen LogP contribution in [0.5, 0.6) is 5.75 Å². The van der Waals surface area contributed by atoms with Gasteiger partial charge in [0.1, 0.15) is 11.6 Å². The summed E-state index contributed by atoms with van der Waals surface area (Å²) in [6, 6.07) is 13.8. The first-order chi connectivity index (χ1) is 13.1. The van der Waals surface area contributed by atoms with Gasteiger partial charge in [0, 0.05) is 6.20 Å². The van der Waals surface area contributed by atoms with E-state index in [0.717, 1.165) is 16.9 Å². The number of aromatic nitrogens is 1. The van der Waals surface area contributed by atoms with E-state index in [9.17, 15) is 9.18 Å². The van der Waals surface area contributed by atoms with Gasteiger partial charge in [-0.1, -0.05) is 18.2 Å². The third-order valence-corrected chi connectivity index (χ3v) is 3.94. The molecule has 3 rings (SSSR count). The smallest absolute Gasteiger partial charge is 0.340 e. The lowest BCUT2D eigenvalue weighted by atomic mass is 10.0. The highest BCUT2D eigenvalue weighted by Gasteiger charge is 2.13. The average Bonchev–Trinajstić information content (AvgIpc) is 2.70. The minimum atomic E-state index is -0.523. The van der Waals surface area contributed by atoms with Gasteiger partial charge in [-0.15, -0.1) is 0 Å². The Morgan fingerprint density at radius 2 is 1.93 bits per heavy atom. The zero-order valence-corrected chi connectivity index (χ0v) is 15.0. The predicted molar refractivity (Wildman–Crippen MR) is 102 cm³/mol. The van der Waals surface area contributed by atoms with Crippen LogP contribution in [0.2, 0.25) is 0 Å². The number of nitrogens with zero attached hydrogens (tertiary/aromatic N) is 1. The molecule has 0 aliphatic rings. The molecular formula is C21H19FN2O3. The molecule has 1 heterocycles. The van der Waals surface area contributed by atoms with Gasteiger partial charge in [-0.25, -0.2) is 9.18 Å². The highest BCUT2D eigenvalue weighted by atomic mass is 19.1. The van der Waals surface area contributed by atoms with Crippen molar-refractivity contribution in [3.8, 4) is 16.9 Å². The highest BCUT2D eigenvalue weighted by molar-refractivity contribution is 5.96. The number of ether oxygens (including phenoxy) is 2.